The van der Waals surface area contributed by atoms with E-state index in [0.717, 1.165) is 18.8 Å². The first-order chi connectivity index (χ1) is 6.86. The van der Waals surface area contributed by atoms with Gasteiger partial charge in [0.1, 0.15) is 0 Å². The molecule has 0 aromatic rings. The van der Waals surface area contributed by atoms with Crippen LogP contribution in [-0.4, -0.2) is 42.1 Å². The van der Waals surface area contributed by atoms with Gasteiger partial charge in [-0.2, -0.15) is 0 Å². The number of alkyl halides is 1. The fourth-order valence-corrected chi connectivity index (χ4v) is 2.24. The number of likely N-dealkylation sites (tertiary alicyclic amines) is 1. The molecular weight excluding hydrogens is 198 g/mol. The van der Waals surface area contributed by atoms with E-state index in [4.69, 9.17) is 16.7 Å². The van der Waals surface area contributed by atoms with Crippen LogP contribution in [0.2, 0.25) is 0 Å². The average Bonchev–Trinajstić information content (AvgIpc) is 2.65. The van der Waals surface area contributed by atoms with Gasteiger partial charge in [-0.15, -0.1) is 11.6 Å². The van der Waals surface area contributed by atoms with E-state index < -0.39 is 0 Å². The van der Waals surface area contributed by atoms with Gasteiger partial charge in [-0.3, -0.25) is 0 Å². The first-order valence-corrected chi connectivity index (χ1v) is 6.29. The molecule has 1 aliphatic rings. The maximum Gasteiger partial charge on any atom is 0.0471 e. The van der Waals surface area contributed by atoms with Crippen molar-refractivity contribution in [2.45, 2.75) is 32.1 Å². The smallest absolute Gasteiger partial charge is 0.0471 e. The SMILES string of the molecule is OCC1CCN(CCCCCCCl)C1. The van der Waals surface area contributed by atoms with Crippen LogP contribution in [0.1, 0.15) is 32.1 Å². The second kappa shape index (κ2) is 7.49. The Balaban J connectivity index is 1.92. The van der Waals surface area contributed by atoms with Crippen LogP contribution in [0.3, 0.4) is 0 Å². The molecule has 0 amide bonds. The third-order valence-corrected chi connectivity index (χ3v) is 3.25. The fourth-order valence-electron chi connectivity index (χ4n) is 2.05. The molecule has 0 aliphatic carbocycles. The Morgan fingerprint density at radius 2 is 2.00 bits per heavy atom. The van der Waals surface area contributed by atoms with E-state index in [1.165, 1.54) is 38.8 Å². The van der Waals surface area contributed by atoms with Gasteiger partial charge in [-0.1, -0.05) is 12.8 Å². The van der Waals surface area contributed by atoms with E-state index in [1.54, 1.807) is 0 Å². The molecule has 0 saturated carbocycles. The van der Waals surface area contributed by atoms with Crippen molar-refractivity contribution >= 4 is 11.6 Å². The number of halogens is 1. The number of aliphatic hydroxyl groups is 1. The summed E-state index contributed by atoms with van der Waals surface area (Å²) in [6, 6.07) is 0. The maximum absolute atomic E-state index is 8.98. The highest BCUT2D eigenvalue weighted by molar-refractivity contribution is 6.17. The lowest BCUT2D eigenvalue weighted by molar-refractivity contribution is 0.221. The Bertz CT molecular complexity index is 143. The zero-order chi connectivity index (χ0) is 10.2. The highest BCUT2D eigenvalue weighted by Crippen LogP contribution is 2.16. The predicted molar refractivity (Wildman–Crippen MR) is 60.8 cm³/mol. The second-order valence-corrected chi connectivity index (χ2v) is 4.62. The van der Waals surface area contributed by atoms with E-state index >= 15 is 0 Å². The first kappa shape index (κ1) is 12.3. The molecule has 1 aliphatic heterocycles. The van der Waals surface area contributed by atoms with Crippen LogP contribution in [0.25, 0.3) is 0 Å². The van der Waals surface area contributed by atoms with E-state index in [2.05, 4.69) is 4.90 Å². The minimum Gasteiger partial charge on any atom is -0.396 e. The molecule has 1 saturated heterocycles. The molecule has 1 fully saturated rings. The van der Waals surface area contributed by atoms with Crippen LogP contribution in [0, 0.1) is 5.92 Å². The summed E-state index contributed by atoms with van der Waals surface area (Å²) in [6.45, 7) is 3.86. The topological polar surface area (TPSA) is 23.5 Å². The van der Waals surface area contributed by atoms with Crippen LogP contribution in [0.5, 0.6) is 0 Å². The van der Waals surface area contributed by atoms with E-state index in [-0.39, 0.29) is 0 Å². The van der Waals surface area contributed by atoms with E-state index in [1.807, 2.05) is 0 Å². The Morgan fingerprint density at radius 1 is 1.21 bits per heavy atom. The van der Waals surface area contributed by atoms with Crippen molar-refractivity contribution in [1.82, 2.24) is 4.90 Å². The fraction of sp³-hybridized carbons (Fsp3) is 1.00. The summed E-state index contributed by atoms with van der Waals surface area (Å²) >= 11 is 5.61. The van der Waals surface area contributed by atoms with Gasteiger partial charge in [-0.25, -0.2) is 0 Å². The normalized spacial score (nSPS) is 23.1. The minimum atomic E-state index is 0.364. The summed E-state index contributed by atoms with van der Waals surface area (Å²) in [5.74, 6) is 1.34. The van der Waals surface area contributed by atoms with E-state index in [0.29, 0.717) is 12.5 Å². The molecule has 3 heteroatoms. The van der Waals surface area contributed by atoms with Crippen LogP contribution >= 0.6 is 11.6 Å². The van der Waals surface area contributed by atoms with Gasteiger partial charge in [0, 0.05) is 19.0 Å². The van der Waals surface area contributed by atoms with Crippen molar-refractivity contribution < 1.29 is 5.11 Å². The number of nitrogens with zero attached hydrogens (tertiary/aromatic N) is 1. The molecule has 84 valence electrons. The van der Waals surface area contributed by atoms with Gasteiger partial charge in [0.05, 0.1) is 0 Å². The van der Waals surface area contributed by atoms with Crippen LogP contribution in [0.15, 0.2) is 0 Å². The van der Waals surface area contributed by atoms with Crippen LogP contribution < -0.4 is 0 Å². The first-order valence-electron chi connectivity index (χ1n) is 5.76. The van der Waals surface area contributed by atoms with Gasteiger partial charge >= 0.3 is 0 Å². The highest BCUT2D eigenvalue weighted by Gasteiger charge is 2.20. The summed E-state index contributed by atoms with van der Waals surface area (Å²) in [7, 11) is 0. The zero-order valence-corrected chi connectivity index (χ0v) is 9.68. The monoisotopic (exact) mass is 219 g/mol. The summed E-state index contributed by atoms with van der Waals surface area (Å²) in [6.07, 6.45) is 6.18. The second-order valence-electron chi connectivity index (χ2n) is 4.24. The standard InChI is InChI=1S/C11H22ClNO/c12-6-3-1-2-4-7-13-8-5-11(9-13)10-14/h11,14H,1-10H2. The summed E-state index contributed by atoms with van der Waals surface area (Å²) in [5.41, 5.74) is 0. The minimum absolute atomic E-state index is 0.364. The third-order valence-electron chi connectivity index (χ3n) is 2.99. The molecule has 0 aromatic heterocycles. The average molecular weight is 220 g/mol. The summed E-state index contributed by atoms with van der Waals surface area (Å²) in [4.78, 5) is 2.47. The molecule has 1 heterocycles. The molecule has 2 nitrogen and oxygen atoms in total. The Hall–Kier alpha value is 0.210. The number of hydrogen-bond acceptors (Lipinski definition) is 2. The molecule has 14 heavy (non-hydrogen) atoms. The lowest BCUT2D eigenvalue weighted by atomic mass is 10.1. The summed E-state index contributed by atoms with van der Waals surface area (Å²) < 4.78 is 0. The van der Waals surface area contributed by atoms with Crippen molar-refractivity contribution in [3.05, 3.63) is 0 Å². The lowest BCUT2D eigenvalue weighted by Crippen LogP contribution is -2.22. The van der Waals surface area contributed by atoms with Crippen LogP contribution in [0.4, 0.5) is 0 Å². The molecule has 0 aromatic carbocycles. The Kier molecular flexibility index (Phi) is 6.57. The zero-order valence-electron chi connectivity index (χ0n) is 8.92. The third kappa shape index (κ3) is 4.63. The maximum atomic E-state index is 8.98. The van der Waals surface area contributed by atoms with E-state index in [9.17, 15) is 0 Å². The van der Waals surface area contributed by atoms with Crippen molar-refractivity contribution in [1.29, 1.82) is 0 Å². The molecule has 0 bridgehead atoms. The molecule has 1 atom stereocenters. The number of hydrogen-bond donors (Lipinski definition) is 1. The number of aliphatic hydroxyl groups excluding tert-OH is 1. The Labute approximate surface area is 92.2 Å². The largest absolute Gasteiger partial charge is 0.396 e. The quantitative estimate of drug-likeness (QED) is 0.524. The Morgan fingerprint density at radius 3 is 2.64 bits per heavy atom. The highest BCUT2D eigenvalue weighted by atomic mass is 35.5. The van der Waals surface area contributed by atoms with Gasteiger partial charge in [0.15, 0.2) is 0 Å². The van der Waals surface area contributed by atoms with Crippen molar-refractivity contribution in [3.63, 3.8) is 0 Å². The molecule has 0 spiro atoms. The number of rotatable bonds is 7. The van der Waals surface area contributed by atoms with Gasteiger partial charge in [-0.05, 0) is 38.3 Å². The molecular formula is C11H22ClNO. The molecule has 0 radical (unpaired) electrons. The van der Waals surface area contributed by atoms with Gasteiger partial charge in [0.2, 0.25) is 0 Å². The summed E-state index contributed by atoms with van der Waals surface area (Å²) in [5, 5.41) is 8.98. The number of unbranched alkanes of at least 4 members (excludes halogenated alkanes) is 3. The van der Waals surface area contributed by atoms with Gasteiger partial charge in [0.25, 0.3) is 0 Å². The van der Waals surface area contributed by atoms with Crippen molar-refractivity contribution in [3.8, 4) is 0 Å². The van der Waals surface area contributed by atoms with Crippen molar-refractivity contribution in [2.75, 3.05) is 32.1 Å². The molecule has 1 unspecified atom stereocenters. The molecule has 1 rings (SSSR count). The van der Waals surface area contributed by atoms with Crippen LogP contribution in [-0.2, 0) is 0 Å². The van der Waals surface area contributed by atoms with Gasteiger partial charge < -0.3 is 10.0 Å². The molecule has 1 N–H and O–H groups in total. The predicted octanol–water partition coefficient (Wildman–Crippen LogP) is 2.10. The van der Waals surface area contributed by atoms with Crippen molar-refractivity contribution in [2.24, 2.45) is 5.92 Å². The lowest BCUT2D eigenvalue weighted by Gasteiger charge is -2.14.